The van der Waals surface area contributed by atoms with E-state index >= 15 is 0 Å². The van der Waals surface area contributed by atoms with Crippen LogP contribution in [0.5, 0.6) is 0 Å². The Bertz CT molecular complexity index is 744. The van der Waals surface area contributed by atoms with Crippen molar-refractivity contribution in [2.24, 2.45) is 0 Å². The summed E-state index contributed by atoms with van der Waals surface area (Å²) in [7, 11) is 0. The van der Waals surface area contributed by atoms with Crippen LogP contribution in [-0.4, -0.2) is 57.5 Å². The van der Waals surface area contributed by atoms with Crippen LogP contribution in [0.2, 0.25) is 0 Å². The Kier molecular flexibility index (Phi) is 4.96. The van der Waals surface area contributed by atoms with Gasteiger partial charge in [-0.3, -0.25) is 9.59 Å². The minimum Gasteiger partial charge on any atom is -0.481 e. The Hall–Kier alpha value is -2.19. The Balaban J connectivity index is 1.79. The second-order valence-electron chi connectivity index (χ2n) is 5.48. The fourth-order valence-electron chi connectivity index (χ4n) is 2.63. The van der Waals surface area contributed by atoms with Crippen molar-refractivity contribution in [3.63, 3.8) is 0 Å². The number of morpholine rings is 1. The number of amides is 1. The summed E-state index contributed by atoms with van der Waals surface area (Å²) in [6.45, 7) is 1.02. The molecule has 1 aromatic heterocycles. The molecule has 3 rings (SSSR count). The number of carbonyl (C=O) groups is 2. The van der Waals surface area contributed by atoms with Crippen molar-refractivity contribution in [1.29, 1.82) is 0 Å². The first-order valence-corrected chi connectivity index (χ1v) is 8.25. The van der Waals surface area contributed by atoms with Crippen LogP contribution in [0, 0.1) is 0 Å². The summed E-state index contributed by atoms with van der Waals surface area (Å²) in [6, 6.07) is 7.09. The van der Waals surface area contributed by atoms with Crippen LogP contribution in [0.4, 0.5) is 0 Å². The molecule has 0 radical (unpaired) electrons. The molecule has 1 aliphatic rings. The average molecular weight is 394 g/mol. The van der Waals surface area contributed by atoms with Crippen molar-refractivity contribution < 1.29 is 19.4 Å². The van der Waals surface area contributed by atoms with E-state index in [0.29, 0.717) is 18.7 Å². The van der Waals surface area contributed by atoms with Gasteiger partial charge in [0.1, 0.15) is 0 Å². The number of hydrogen-bond donors (Lipinski definition) is 1. The summed E-state index contributed by atoms with van der Waals surface area (Å²) in [5.74, 6) is -1.18. The maximum Gasteiger partial charge on any atom is 0.305 e. The van der Waals surface area contributed by atoms with Gasteiger partial charge in [0.2, 0.25) is 0 Å². The summed E-state index contributed by atoms with van der Waals surface area (Å²) in [4.78, 5) is 25.2. The van der Waals surface area contributed by atoms with Crippen molar-refractivity contribution in [2.75, 3.05) is 19.8 Å². The van der Waals surface area contributed by atoms with E-state index in [4.69, 9.17) is 9.84 Å². The highest BCUT2D eigenvalue weighted by Crippen LogP contribution is 2.17. The highest BCUT2D eigenvalue weighted by Gasteiger charge is 2.30. The summed E-state index contributed by atoms with van der Waals surface area (Å²) < 4.78 is 7.88. The molecular formula is C16H16BrN3O4. The van der Waals surface area contributed by atoms with E-state index in [2.05, 4.69) is 21.0 Å². The lowest BCUT2D eigenvalue weighted by molar-refractivity contribution is -0.139. The average Bonchev–Trinajstić information content (AvgIpc) is 3.05. The van der Waals surface area contributed by atoms with Crippen LogP contribution >= 0.6 is 15.9 Å². The van der Waals surface area contributed by atoms with E-state index in [1.165, 1.54) is 6.20 Å². The molecule has 0 saturated carbocycles. The number of rotatable bonds is 4. The first-order valence-electron chi connectivity index (χ1n) is 7.45. The second kappa shape index (κ2) is 7.14. The largest absolute Gasteiger partial charge is 0.481 e. The van der Waals surface area contributed by atoms with Gasteiger partial charge in [0.25, 0.3) is 5.91 Å². The van der Waals surface area contributed by atoms with Gasteiger partial charge in [0.15, 0.2) is 0 Å². The van der Waals surface area contributed by atoms with Gasteiger partial charge in [-0.05, 0) is 24.3 Å². The van der Waals surface area contributed by atoms with Gasteiger partial charge in [0.05, 0.1) is 43.1 Å². The maximum absolute atomic E-state index is 12.7. The molecule has 2 heterocycles. The van der Waals surface area contributed by atoms with E-state index in [9.17, 15) is 9.59 Å². The zero-order valence-corrected chi connectivity index (χ0v) is 14.3. The monoisotopic (exact) mass is 393 g/mol. The number of benzene rings is 1. The van der Waals surface area contributed by atoms with Crippen LogP contribution in [0.3, 0.4) is 0 Å². The topological polar surface area (TPSA) is 84.7 Å². The van der Waals surface area contributed by atoms with Crippen molar-refractivity contribution in [1.82, 2.24) is 14.7 Å². The molecule has 1 unspecified atom stereocenters. The van der Waals surface area contributed by atoms with Gasteiger partial charge in [-0.1, -0.05) is 15.9 Å². The van der Waals surface area contributed by atoms with Crippen LogP contribution in [-0.2, 0) is 9.53 Å². The number of halogens is 1. The predicted octanol–water partition coefficient (Wildman–Crippen LogP) is 1.95. The summed E-state index contributed by atoms with van der Waals surface area (Å²) in [5, 5.41) is 13.2. The highest BCUT2D eigenvalue weighted by molar-refractivity contribution is 9.10. The molecule has 0 spiro atoms. The molecule has 7 nitrogen and oxygen atoms in total. The minimum absolute atomic E-state index is 0.132. The lowest BCUT2D eigenvalue weighted by Crippen LogP contribution is -2.49. The lowest BCUT2D eigenvalue weighted by atomic mass is 10.1. The molecule has 2 aromatic rings. The third-order valence-corrected chi connectivity index (χ3v) is 4.35. The number of carboxylic acids is 1. The smallest absolute Gasteiger partial charge is 0.305 e. The molecule has 1 atom stereocenters. The van der Waals surface area contributed by atoms with Crippen LogP contribution in [0.1, 0.15) is 16.8 Å². The van der Waals surface area contributed by atoms with Gasteiger partial charge >= 0.3 is 5.97 Å². The first-order chi connectivity index (χ1) is 11.5. The van der Waals surface area contributed by atoms with Crippen molar-refractivity contribution in [3.8, 4) is 5.69 Å². The van der Waals surface area contributed by atoms with Crippen molar-refractivity contribution in [3.05, 3.63) is 46.7 Å². The third kappa shape index (κ3) is 3.65. The molecule has 0 bridgehead atoms. The second-order valence-corrected chi connectivity index (χ2v) is 6.39. The summed E-state index contributed by atoms with van der Waals surface area (Å²) in [5.41, 5.74) is 1.26. The first kappa shape index (κ1) is 16.7. The molecule has 1 saturated heterocycles. The third-order valence-electron chi connectivity index (χ3n) is 3.82. The standard InChI is InChI=1S/C16H16BrN3O4/c17-12-1-3-13(4-2-12)20-9-11(8-18-20)16(23)19-5-6-24-10-14(19)7-15(21)22/h1-4,8-9,14H,5-7,10H2,(H,21,22). The highest BCUT2D eigenvalue weighted by atomic mass is 79.9. The summed E-state index contributed by atoms with van der Waals surface area (Å²) in [6.07, 6.45) is 3.02. The van der Waals surface area contributed by atoms with Gasteiger partial charge in [0, 0.05) is 17.2 Å². The normalized spacial score (nSPS) is 17.7. The van der Waals surface area contributed by atoms with Crippen molar-refractivity contribution >= 4 is 27.8 Å². The zero-order valence-electron chi connectivity index (χ0n) is 12.8. The Morgan fingerprint density at radius 1 is 1.33 bits per heavy atom. The van der Waals surface area contributed by atoms with E-state index in [1.54, 1.807) is 15.8 Å². The van der Waals surface area contributed by atoms with Crippen LogP contribution in [0.25, 0.3) is 5.69 Å². The quantitative estimate of drug-likeness (QED) is 0.857. The molecule has 1 fully saturated rings. The van der Waals surface area contributed by atoms with Crippen molar-refractivity contribution in [2.45, 2.75) is 12.5 Å². The summed E-state index contributed by atoms with van der Waals surface area (Å²) >= 11 is 3.37. The number of nitrogens with zero attached hydrogens (tertiary/aromatic N) is 3. The molecule has 1 aromatic carbocycles. The van der Waals surface area contributed by atoms with Gasteiger partial charge in [-0.2, -0.15) is 5.10 Å². The number of aromatic nitrogens is 2. The molecule has 1 amide bonds. The molecule has 24 heavy (non-hydrogen) atoms. The molecule has 1 N–H and O–H groups in total. The number of ether oxygens (including phenoxy) is 1. The fraction of sp³-hybridized carbons (Fsp3) is 0.312. The zero-order chi connectivity index (χ0) is 17.1. The van der Waals surface area contributed by atoms with Gasteiger partial charge in [-0.25, -0.2) is 4.68 Å². The molecule has 126 valence electrons. The van der Waals surface area contributed by atoms with Gasteiger partial charge < -0.3 is 14.7 Å². The van der Waals surface area contributed by atoms with Crippen LogP contribution < -0.4 is 0 Å². The van der Waals surface area contributed by atoms with E-state index in [1.807, 2.05) is 24.3 Å². The number of aliphatic carboxylic acids is 1. The molecule has 0 aliphatic carbocycles. The van der Waals surface area contributed by atoms with E-state index in [0.717, 1.165) is 10.2 Å². The Labute approximate surface area is 147 Å². The molecule has 1 aliphatic heterocycles. The predicted molar refractivity (Wildman–Crippen MR) is 89.2 cm³/mol. The van der Waals surface area contributed by atoms with E-state index in [-0.39, 0.29) is 18.9 Å². The minimum atomic E-state index is -0.950. The number of hydrogen-bond acceptors (Lipinski definition) is 4. The SMILES string of the molecule is O=C(O)CC1COCCN1C(=O)c1cnn(-c2ccc(Br)cc2)c1. The lowest BCUT2D eigenvalue weighted by Gasteiger charge is -2.34. The van der Waals surface area contributed by atoms with Gasteiger partial charge in [-0.15, -0.1) is 0 Å². The maximum atomic E-state index is 12.7. The fourth-order valence-corrected chi connectivity index (χ4v) is 2.89. The van der Waals surface area contributed by atoms with E-state index < -0.39 is 12.0 Å². The Morgan fingerprint density at radius 3 is 2.79 bits per heavy atom. The number of carboxylic acid groups (broad SMARTS) is 1. The number of carbonyl (C=O) groups excluding carboxylic acids is 1. The molecular weight excluding hydrogens is 378 g/mol. The molecule has 8 heteroatoms. The van der Waals surface area contributed by atoms with Crippen LogP contribution in [0.15, 0.2) is 41.1 Å². The Morgan fingerprint density at radius 2 is 2.08 bits per heavy atom.